The molecule has 2 heteroatoms. The number of nitrogens with one attached hydrogen (secondary N) is 1. The van der Waals surface area contributed by atoms with Crippen LogP contribution in [0.15, 0.2) is 12.4 Å². The van der Waals surface area contributed by atoms with E-state index in [1.807, 2.05) is 6.20 Å². The van der Waals surface area contributed by atoms with Crippen LogP contribution in [0.4, 0.5) is 0 Å². The Morgan fingerprint density at radius 2 is 1.08 bits per heavy atom. The summed E-state index contributed by atoms with van der Waals surface area (Å²) in [4.78, 5) is 3.24. The zero-order valence-electron chi connectivity index (χ0n) is 16.6. The van der Waals surface area contributed by atoms with Gasteiger partial charge in [-0.15, -0.1) is 0 Å². The lowest BCUT2D eigenvalue weighted by Gasteiger charge is -2.03. The molecule has 1 aromatic heterocycles. The van der Waals surface area contributed by atoms with E-state index < -0.39 is 0 Å². The Bertz CT molecular complexity index is 370. The largest absolute Gasteiger partial charge is 0.251 e. The normalized spacial score (nSPS) is 11.2. The Hall–Kier alpha value is -0.790. The first-order valence-corrected chi connectivity index (χ1v) is 10.9. The fourth-order valence-electron chi connectivity index (χ4n) is 3.52. The quantitative estimate of drug-likeness (QED) is 0.237. The fourth-order valence-corrected chi connectivity index (χ4v) is 3.52. The number of aromatic amines is 1. The Labute approximate surface area is 151 Å². The molecule has 24 heavy (non-hydrogen) atoms. The lowest BCUT2D eigenvalue weighted by molar-refractivity contribution is -0.702. The van der Waals surface area contributed by atoms with Crippen molar-refractivity contribution >= 4 is 0 Å². The number of hydrogen-bond acceptors (Lipinski definition) is 0. The van der Waals surface area contributed by atoms with Gasteiger partial charge in [0, 0.05) is 6.92 Å². The van der Waals surface area contributed by atoms with E-state index in [0.29, 0.717) is 0 Å². The van der Waals surface area contributed by atoms with Gasteiger partial charge in [-0.05, 0) is 12.8 Å². The van der Waals surface area contributed by atoms with E-state index in [2.05, 4.69) is 29.6 Å². The molecule has 0 saturated heterocycles. The number of imidazole rings is 1. The fraction of sp³-hybridized carbons (Fsp3) is 0.864. The summed E-state index contributed by atoms with van der Waals surface area (Å²) in [6.07, 6.45) is 27.2. The van der Waals surface area contributed by atoms with Crippen molar-refractivity contribution in [1.29, 1.82) is 0 Å². The van der Waals surface area contributed by atoms with Gasteiger partial charge in [-0.3, -0.25) is 0 Å². The lowest BCUT2D eigenvalue weighted by atomic mass is 10.0. The van der Waals surface area contributed by atoms with Crippen LogP contribution in [0, 0.1) is 6.92 Å². The number of aryl methyl sites for hydroxylation is 2. The van der Waals surface area contributed by atoms with Crippen LogP contribution in [-0.4, -0.2) is 4.98 Å². The van der Waals surface area contributed by atoms with Crippen LogP contribution in [0.2, 0.25) is 0 Å². The van der Waals surface area contributed by atoms with Gasteiger partial charge in [0.1, 0.15) is 12.4 Å². The molecule has 0 aromatic carbocycles. The molecule has 1 N–H and O–H groups in total. The van der Waals surface area contributed by atoms with Crippen molar-refractivity contribution in [2.45, 2.75) is 123 Å². The van der Waals surface area contributed by atoms with Gasteiger partial charge in [0.25, 0.3) is 5.82 Å². The molecule has 0 fully saturated rings. The third kappa shape index (κ3) is 11.7. The average molecular weight is 336 g/mol. The first kappa shape index (κ1) is 21.3. The number of unbranched alkanes of at least 4 members (excludes halogenated alkanes) is 15. The molecular formula is C22H43N2+. The minimum absolute atomic E-state index is 1.17. The third-order valence-electron chi connectivity index (χ3n) is 5.23. The van der Waals surface area contributed by atoms with Crippen LogP contribution < -0.4 is 4.57 Å². The van der Waals surface area contributed by atoms with E-state index in [1.165, 1.54) is 115 Å². The predicted molar refractivity (Wildman–Crippen MR) is 105 cm³/mol. The number of rotatable bonds is 17. The summed E-state index contributed by atoms with van der Waals surface area (Å²) >= 11 is 0. The van der Waals surface area contributed by atoms with Gasteiger partial charge in [0.15, 0.2) is 0 Å². The minimum atomic E-state index is 1.17. The molecular weight excluding hydrogens is 292 g/mol. The molecule has 0 amide bonds. The van der Waals surface area contributed by atoms with Crippen molar-refractivity contribution < 1.29 is 4.57 Å². The van der Waals surface area contributed by atoms with Gasteiger partial charge in [-0.25, -0.2) is 9.55 Å². The summed E-state index contributed by atoms with van der Waals surface area (Å²) in [5.74, 6) is 1.27. The number of H-pyrrole nitrogens is 1. The van der Waals surface area contributed by atoms with E-state index in [1.54, 1.807) is 0 Å². The third-order valence-corrected chi connectivity index (χ3v) is 5.23. The highest BCUT2D eigenvalue weighted by molar-refractivity contribution is 4.70. The lowest BCUT2D eigenvalue weighted by Crippen LogP contribution is -2.34. The molecule has 1 heterocycles. The SMILES string of the molecule is CCCCCCCCCCCCCCCCCC[n+]1cc[nH]c1C. The Kier molecular flexibility index (Phi) is 13.9. The van der Waals surface area contributed by atoms with Crippen molar-refractivity contribution in [2.24, 2.45) is 0 Å². The molecule has 0 aliphatic heterocycles. The molecule has 0 unspecified atom stereocenters. The Morgan fingerprint density at radius 3 is 1.46 bits per heavy atom. The highest BCUT2D eigenvalue weighted by atomic mass is 15.0. The van der Waals surface area contributed by atoms with E-state index in [-0.39, 0.29) is 0 Å². The van der Waals surface area contributed by atoms with Gasteiger partial charge in [-0.1, -0.05) is 96.8 Å². The average Bonchev–Trinajstić information content (AvgIpc) is 2.99. The maximum absolute atomic E-state index is 3.24. The van der Waals surface area contributed by atoms with E-state index in [9.17, 15) is 0 Å². The van der Waals surface area contributed by atoms with Gasteiger partial charge in [0.05, 0.1) is 6.54 Å². The maximum atomic E-state index is 3.24. The first-order chi connectivity index (χ1) is 11.8. The number of hydrogen-bond donors (Lipinski definition) is 1. The highest BCUT2D eigenvalue weighted by Gasteiger charge is 2.02. The van der Waals surface area contributed by atoms with E-state index >= 15 is 0 Å². The Balaban J connectivity index is 1.71. The molecule has 0 bridgehead atoms. The Morgan fingerprint density at radius 1 is 0.667 bits per heavy atom. The maximum Gasteiger partial charge on any atom is 0.251 e. The van der Waals surface area contributed by atoms with Crippen LogP contribution in [0.25, 0.3) is 0 Å². The molecule has 0 spiro atoms. The summed E-state index contributed by atoms with van der Waals surface area (Å²) in [7, 11) is 0. The topological polar surface area (TPSA) is 19.7 Å². The van der Waals surface area contributed by atoms with Crippen molar-refractivity contribution in [1.82, 2.24) is 4.98 Å². The number of aromatic nitrogens is 2. The van der Waals surface area contributed by atoms with E-state index in [0.717, 1.165) is 0 Å². The molecule has 0 atom stereocenters. The summed E-state index contributed by atoms with van der Waals surface area (Å²) in [6, 6.07) is 0. The summed E-state index contributed by atoms with van der Waals surface area (Å²) < 4.78 is 2.32. The van der Waals surface area contributed by atoms with Crippen LogP contribution in [-0.2, 0) is 6.54 Å². The van der Waals surface area contributed by atoms with Crippen molar-refractivity contribution in [3.63, 3.8) is 0 Å². The summed E-state index contributed by atoms with van der Waals surface area (Å²) in [5, 5.41) is 0. The van der Waals surface area contributed by atoms with Gasteiger partial charge in [-0.2, -0.15) is 0 Å². The zero-order valence-corrected chi connectivity index (χ0v) is 16.6. The molecule has 0 radical (unpaired) electrons. The van der Waals surface area contributed by atoms with Crippen molar-refractivity contribution in [3.05, 3.63) is 18.2 Å². The molecule has 1 aromatic rings. The van der Waals surface area contributed by atoms with Crippen LogP contribution >= 0.6 is 0 Å². The molecule has 0 saturated carbocycles. The van der Waals surface area contributed by atoms with Crippen LogP contribution in [0.1, 0.15) is 115 Å². The van der Waals surface area contributed by atoms with Crippen molar-refractivity contribution in [2.75, 3.05) is 0 Å². The standard InChI is InChI=1S/C22H42N2/c1-3-4-5-6-7-8-9-10-11-12-13-14-15-16-17-18-20-24-21-19-23-22(24)2/h19,21H,3-18,20H2,1-2H3/p+1. The molecule has 0 aliphatic carbocycles. The second-order valence-corrected chi connectivity index (χ2v) is 7.54. The highest BCUT2D eigenvalue weighted by Crippen LogP contribution is 2.13. The van der Waals surface area contributed by atoms with Crippen LogP contribution in [0.5, 0.6) is 0 Å². The van der Waals surface area contributed by atoms with Gasteiger partial charge >= 0.3 is 0 Å². The smallest absolute Gasteiger partial charge is 0.248 e. The van der Waals surface area contributed by atoms with Crippen molar-refractivity contribution in [3.8, 4) is 0 Å². The van der Waals surface area contributed by atoms with Gasteiger partial charge in [0.2, 0.25) is 0 Å². The summed E-state index contributed by atoms with van der Waals surface area (Å²) in [6.45, 7) is 5.61. The number of nitrogens with zero attached hydrogens (tertiary/aromatic N) is 1. The molecule has 0 aliphatic rings. The first-order valence-electron chi connectivity index (χ1n) is 10.9. The predicted octanol–water partition coefficient (Wildman–Crippen LogP) is 6.87. The molecule has 1 rings (SSSR count). The monoisotopic (exact) mass is 335 g/mol. The van der Waals surface area contributed by atoms with Gasteiger partial charge < -0.3 is 0 Å². The van der Waals surface area contributed by atoms with E-state index in [4.69, 9.17) is 0 Å². The summed E-state index contributed by atoms with van der Waals surface area (Å²) in [5.41, 5.74) is 0. The second-order valence-electron chi connectivity index (χ2n) is 7.54. The zero-order chi connectivity index (χ0) is 17.3. The molecule has 140 valence electrons. The minimum Gasteiger partial charge on any atom is -0.248 e. The second kappa shape index (κ2) is 15.7. The molecule has 2 nitrogen and oxygen atoms in total. The van der Waals surface area contributed by atoms with Crippen LogP contribution in [0.3, 0.4) is 0 Å².